The number of carbonyl (C=O) groups is 1. The first-order valence-electron chi connectivity index (χ1n) is 8.60. The maximum atomic E-state index is 12.2. The molecule has 0 unspecified atom stereocenters. The molecule has 0 radical (unpaired) electrons. The molecule has 2 amide bonds. The second-order valence-corrected chi connectivity index (χ2v) is 6.75. The van der Waals surface area contributed by atoms with Crippen LogP contribution in [0.15, 0.2) is 47.1 Å². The van der Waals surface area contributed by atoms with E-state index in [-0.39, 0.29) is 11.6 Å². The lowest BCUT2D eigenvalue weighted by Crippen LogP contribution is -2.54. The summed E-state index contributed by atoms with van der Waals surface area (Å²) in [4.78, 5) is 12.2. The fourth-order valence-corrected chi connectivity index (χ4v) is 3.12. The van der Waals surface area contributed by atoms with Gasteiger partial charge in [-0.2, -0.15) is 0 Å². The van der Waals surface area contributed by atoms with E-state index in [1.807, 2.05) is 36.4 Å². The van der Waals surface area contributed by atoms with Crippen molar-refractivity contribution in [3.63, 3.8) is 0 Å². The molecule has 1 heterocycles. The lowest BCUT2D eigenvalue weighted by molar-refractivity contribution is 0.104. The molecule has 1 fully saturated rings. The number of carbonyl (C=O) groups excluding carboxylic acids is 1. The van der Waals surface area contributed by atoms with Crippen LogP contribution in [-0.2, 0) is 16.9 Å². The van der Waals surface area contributed by atoms with E-state index in [9.17, 15) is 4.79 Å². The summed E-state index contributed by atoms with van der Waals surface area (Å²) < 4.78 is 10.7. The van der Waals surface area contributed by atoms with Gasteiger partial charge < -0.3 is 19.8 Å². The molecular formula is C19H23ClN2O3. The van der Waals surface area contributed by atoms with Gasteiger partial charge in [0.25, 0.3) is 0 Å². The summed E-state index contributed by atoms with van der Waals surface area (Å²) in [6.45, 7) is 1.60. The minimum atomic E-state index is -0.259. The molecule has 0 aliphatic heterocycles. The van der Waals surface area contributed by atoms with Crippen LogP contribution in [-0.4, -0.2) is 19.2 Å². The van der Waals surface area contributed by atoms with E-state index in [0.717, 1.165) is 37.0 Å². The lowest BCUT2D eigenvalue weighted by atomic mass is 9.72. The van der Waals surface area contributed by atoms with E-state index >= 15 is 0 Å². The predicted molar refractivity (Wildman–Crippen MR) is 96.5 cm³/mol. The smallest absolute Gasteiger partial charge is 0.315 e. The van der Waals surface area contributed by atoms with Crippen molar-refractivity contribution in [2.45, 2.75) is 37.8 Å². The van der Waals surface area contributed by atoms with Crippen LogP contribution in [0.2, 0.25) is 5.02 Å². The Morgan fingerprint density at radius 2 is 2.04 bits per heavy atom. The zero-order valence-corrected chi connectivity index (χ0v) is 14.8. The highest BCUT2D eigenvalue weighted by Gasteiger charge is 2.39. The first-order chi connectivity index (χ1) is 12.2. The standard InChI is InChI=1S/C19H23ClN2O3/c20-16-7-5-15(6-8-16)19(9-2-10-19)22-18(23)21-11-3-12-24-14-17-4-1-13-25-17/h1,4-8,13H,2-3,9-12,14H2,(H2,21,22,23). The van der Waals surface area contributed by atoms with E-state index in [1.165, 1.54) is 0 Å². The highest BCUT2D eigenvalue weighted by atomic mass is 35.5. The van der Waals surface area contributed by atoms with Crippen LogP contribution < -0.4 is 10.6 Å². The molecule has 5 nitrogen and oxygen atoms in total. The van der Waals surface area contributed by atoms with Gasteiger partial charge in [0.1, 0.15) is 12.4 Å². The van der Waals surface area contributed by atoms with Gasteiger partial charge in [-0.25, -0.2) is 4.79 Å². The van der Waals surface area contributed by atoms with E-state index in [1.54, 1.807) is 6.26 Å². The van der Waals surface area contributed by atoms with Gasteiger partial charge in [0.2, 0.25) is 0 Å². The predicted octanol–water partition coefficient (Wildman–Crippen LogP) is 4.22. The molecule has 1 aliphatic carbocycles. The maximum Gasteiger partial charge on any atom is 0.315 e. The van der Waals surface area contributed by atoms with E-state index in [4.69, 9.17) is 20.8 Å². The fraction of sp³-hybridized carbons (Fsp3) is 0.421. The van der Waals surface area contributed by atoms with Crippen LogP contribution in [0.3, 0.4) is 0 Å². The first-order valence-corrected chi connectivity index (χ1v) is 8.98. The van der Waals surface area contributed by atoms with Gasteiger partial charge in [0.05, 0.1) is 11.8 Å². The topological polar surface area (TPSA) is 63.5 Å². The third-order valence-corrected chi connectivity index (χ3v) is 4.78. The molecule has 1 saturated carbocycles. The van der Waals surface area contributed by atoms with Crippen LogP contribution in [0.5, 0.6) is 0 Å². The third-order valence-electron chi connectivity index (χ3n) is 4.53. The van der Waals surface area contributed by atoms with Gasteiger partial charge in [0, 0.05) is 18.2 Å². The summed E-state index contributed by atoms with van der Waals surface area (Å²) in [5.74, 6) is 0.806. The maximum absolute atomic E-state index is 12.2. The van der Waals surface area contributed by atoms with Crippen LogP contribution in [0.4, 0.5) is 4.79 Å². The summed E-state index contributed by atoms with van der Waals surface area (Å²) in [5, 5.41) is 6.74. The number of benzene rings is 1. The SMILES string of the molecule is O=C(NCCCOCc1ccco1)NC1(c2ccc(Cl)cc2)CCC1. The van der Waals surface area contributed by atoms with Gasteiger partial charge in [-0.1, -0.05) is 23.7 Å². The largest absolute Gasteiger partial charge is 0.467 e. The fourth-order valence-electron chi connectivity index (χ4n) is 2.99. The van der Waals surface area contributed by atoms with Gasteiger partial charge in [-0.15, -0.1) is 0 Å². The molecule has 0 bridgehead atoms. The number of amides is 2. The Balaban J connectivity index is 1.37. The highest BCUT2D eigenvalue weighted by molar-refractivity contribution is 6.30. The van der Waals surface area contributed by atoms with E-state index in [0.29, 0.717) is 24.8 Å². The van der Waals surface area contributed by atoms with Crippen LogP contribution in [0.1, 0.15) is 37.0 Å². The molecule has 0 atom stereocenters. The average molecular weight is 363 g/mol. The molecule has 1 aromatic heterocycles. The van der Waals surface area contributed by atoms with Crippen molar-refractivity contribution in [1.29, 1.82) is 0 Å². The average Bonchev–Trinajstić information content (AvgIpc) is 3.08. The van der Waals surface area contributed by atoms with Crippen LogP contribution in [0.25, 0.3) is 0 Å². The molecule has 1 aliphatic rings. The molecule has 3 rings (SSSR count). The lowest BCUT2D eigenvalue weighted by Gasteiger charge is -2.43. The minimum Gasteiger partial charge on any atom is -0.467 e. The van der Waals surface area contributed by atoms with E-state index < -0.39 is 0 Å². The number of rotatable bonds is 8. The Hall–Kier alpha value is -1.98. The van der Waals surface area contributed by atoms with Crippen molar-refractivity contribution in [2.24, 2.45) is 0 Å². The second-order valence-electron chi connectivity index (χ2n) is 6.31. The number of hydrogen-bond acceptors (Lipinski definition) is 3. The third kappa shape index (κ3) is 4.77. The number of urea groups is 1. The summed E-state index contributed by atoms with van der Waals surface area (Å²) in [6, 6.07) is 11.3. The van der Waals surface area contributed by atoms with Gasteiger partial charge in [-0.3, -0.25) is 0 Å². The Bertz CT molecular complexity index is 666. The highest BCUT2D eigenvalue weighted by Crippen LogP contribution is 2.41. The van der Waals surface area contributed by atoms with Crippen molar-refractivity contribution in [3.8, 4) is 0 Å². The van der Waals surface area contributed by atoms with Crippen LogP contribution in [0, 0.1) is 0 Å². The number of ether oxygens (including phenoxy) is 1. The summed E-state index contributed by atoms with van der Waals surface area (Å²) in [5.41, 5.74) is 0.852. The van der Waals surface area contributed by atoms with Crippen molar-refractivity contribution in [2.75, 3.05) is 13.2 Å². The number of furan rings is 1. The normalized spacial score (nSPS) is 15.4. The molecular weight excluding hydrogens is 340 g/mol. The summed E-state index contributed by atoms with van der Waals surface area (Å²) in [7, 11) is 0. The van der Waals surface area contributed by atoms with Gasteiger partial charge in [0.15, 0.2) is 0 Å². The molecule has 134 valence electrons. The zero-order valence-electron chi connectivity index (χ0n) is 14.1. The summed E-state index contributed by atoms with van der Waals surface area (Å²) >= 11 is 5.95. The van der Waals surface area contributed by atoms with Crippen molar-refractivity contribution < 1.29 is 13.9 Å². The van der Waals surface area contributed by atoms with Gasteiger partial charge in [-0.05, 0) is 55.5 Å². The van der Waals surface area contributed by atoms with Crippen molar-refractivity contribution in [3.05, 3.63) is 59.0 Å². The zero-order chi connectivity index (χ0) is 17.5. The Labute approximate surface area is 152 Å². The Kier molecular flexibility index (Phi) is 6.00. The van der Waals surface area contributed by atoms with Crippen LogP contribution >= 0.6 is 11.6 Å². The molecule has 6 heteroatoms. The molecule has 0 saturated heterocycles. The molecule has 25 heavy (non-hydrogen) atoms. The minimum absolute atomic E-state index is 0.138. The summed E-state index contributed by atoms with van der Waals surface area (Å²) in [6.07, 6.45) is 5.40. The Morgan fingerprint density at radius 1 is 1.24 bits per heavy atom. The van der Waals surface area contributed by atoms with Crippen molar-refractivity contribution >= 4 is 17.6 Å². The quantitative estimate of drug-likeness (QED) is 0.691. The molecule has 0 spiro atoms. The monoisotopic (exact) mass is 362 g/mol. The first kappa shape index (κ1) is 17.8. The molecule has 2 N–H and O–H groups in total. The number of halogens is 1. The number of nitrogens with one attached hydrogen (secondary N) is 2. The molecule has 1 aromatic carbocycles. The van der Waals surface area contributed by atoms with Crippen molar-refractivity contribution in [1.82, 2.24) is 10.6 Å². The van der Waals surface area contributed by atoms with Gasteiger partial charge >= 0.3 is 6.03 Å². The Morgan fingerprint density at radius 3 is 2.68 bits per heavy atom. The number of hydrogen-bond donors (Lipinski definition) is 2. The molecule has 2 aromatic rings. The van der Waals surface area contributed by atoms with E-state index in [2.05, 4.69) is 10.6 Å². The second kappa shape index (κ2) is 8.41.